The second kappa shape index (κ2) is 5.49. The number of H-pyrrole nitrogens is 1. The average Bonchev–Trinajstić information content (AvgIpc) is 3.04. The molecular weight excluding hydrogens is 298 g/mol. The predicted molar refractivity (Wildman–Crippen MR) is 97.5 cm³/mol. The summed E-state index contributed by atoms with van der Waals surface area (Å²) in [6, 6.07) is 15.7. The van der Waals surface area contributed by atoms with Crippen LogP contribution in [-0.4, -0.2) is 15.9 Å². The largest absolute Gasteiger partial charge is 0.361 e. The number of aromatic amines is 1. The molecule has 4 nitrogen and oxygen atoms in total. The SMILES string of the molecule is Cc1ccc2nc(C)c(C(=O)Nc3cccc4[nH]ccc34)cc2c1. The molecule has 0 radical (unpaired) electrons. The fourth-order valence-corrected chi connectivity index (χ4v) is 3.01. The standard InChI is InChI=1S/C20H17N3O/c1-12-6-7-17-14(10-12)11-16(13(2)22-17)20(24)23-19-5-3-4-18-15(19)8-9-21-18/h3-11,21H,1-2H3,(H,23,24). The Kier molecular flexibility index (Phi) is 3.31. The van der Waals surface area contributed by atoms with Crippen molar-refractivity contribution in [2.75, 3.05) is 5.32 Å². The highest BCUT2D eigenvalue weighted by atomic mass is 16.1. The second-order valence-electron chi connectivity index (χ2n) is 6.02. The third-order valence-electron chi connectivity index (χ3n) is 4.25. The molecule has 0 aliphatic heterocycles. The number of hydrogen-bond acceptors (Lipinski definition) is 2. The second-order valence-corrected chi connectivity index (χ2v) is 6.02. The molecule has 2 aromatic heterocycles. The van der Waals surface area contributed by atoms with Crippen LogP contribution < -0.4 is 5.32 Å². The highest BCUT2D eigenvalue weighted by molar-refractivity contribution is 6.10. The molecule has 0 aliphatic rings. The van der Waals surface area contributed by atoms with E-state index in [1.807, 2.05) is 68.6 Å². The molecule has 4 aromatic rings. The summed E-state index contributed by atoms with van der Waals surface area (Å²) in [5.74, 6) is -0.142. The molecule has 24 heavy (non-hydrogen) atoms. The minimum absolute atomic E-state index is 0.142. The topological polar surface area (TPSA) is 57.8 Å². The Morgan fingerprint density at radius 1 is 1.08 bits per heavy atom. The lowest BCUT2D eigenvalue weighted by Gasteiger charge is -2.10. The van der Waals surface area contributed by atoms with Gasteiger partial charge in [-0.1, -0.05) is 17.7 Å². The van der Waals surface area contributed by atoms with E-state index < -0.39 is 0 Å². The summed E-state index contributed by atoms with van der Waals surface area (Å²) in [5, 5.41) is 4.98. The Hall–Kier alpha value is -3.14. The van der Waals surface area contributed by atoms with Crippen LogP contribution in [0.15, 0.2) is 54.7 Å². The molecule has 0 fully saturated rings. The molecule has 1 amide bonds. The summed E-state index contributed by atoms with van der Waals surface area (Å²) >= 11 is 0. The van der Waals surface area contributed by atoms with E-state index >= 15 is 0 Å². The molecule has 0 spiro atoms. The van der Waals surface area contributed by atoms with E-state index in [0.717, 1.165) is 38.8 Å². The van der Waals surface area contributed by atoms with E-state index in [2.05, 4.69) is 15.3 Å². The van der Waals surface area contributed by atoms with Crippen molar-refractivity contribution in [2.45, 2.75) is 13.8 Å². The Morgan fingerprint density at radius 2 is 1.96 bits per heavy atom. The molecule has 2 heterocycles. The number of rotatable bonds is 2. The van der Waals surface area contributed by atoms with Gasteiger partial charge in [-0.15, -0.1) is 0 Å². The van der Waals surface area contributed by atoms with Gasteiger partial charge in [0, 0.05) is 22.5 Å². The molecule has 2 N–H and O–H groups in total. The van der Waals surface area contributed by atoms with E-state index in [-0.39, 0.29) is 5.91 Å². The van der Waals surface area contributed by atoms with Crippen LogP contribution in [0.25, 0.3) is 21.8 Å². The number of nitrogens with zero attached hydrogens (tertiary/aromatic N) is 1. The van der Waals surface area contributed by atoms with Gasteiger partial charge in [0.15, 0.2) is 0 Å². The van der Waals surface area contributed by atoms with Crippen molar-refractivity contribution in [3.05, 3.63) is 71.5 Å². The van der Waals surface area contributed by atoms with Crippen LogP contribution >= 0.6 is 0 Å². The van der Waals surface area contributed by atoms with Gasteiger partial charge in [0.25, 0.3) is 5.91 Å². The number of hydrogen-bond donors (Lipinski definition) is 2. The van der Waals surface area contributed by atoms with Gasteiger partial charge in [0.05, 0.1) is 22.5 Å². The Labute approximate surface area is 139 Å². The molecule has 0 saturated heterocycles. The van der Waals surface area contributed by atoms with Gasteiger partial charge < -0.3 is 10.3 Å². The maximum Gasteiger partial charge on any atom is 0.257 e. The maximum absolute atomic E-state index is 12.8. The van der Waals surface area contributed by atoms with Gasteiger partial charge in [-0.05, 0) is 50.2 Å². The third-order valence-corrected chi connectivity index (χ3v) is 4.25. The van der Waals surface area contributed by atoms with Crippen LogP contribution in [0.1, 0.15) is 21.6 Å². The van der Waals surface area contributed by atoms with Crippen LogP contribution in [0, 0.1) is 13.8 Å². The predicted octanol–water partition coefficient (Wildman–Crippen LogP) is 4.59. The number of anilines is 1. The Balaban J connectivity index is 1.75. The monoisotopic (exact) mass is 315 g/mol. The lowest BCUT2D eigenvalue weighted by molar-refractivity contribution is 0.102. The van der Waals surface area contributed by atoms with Gasteiger partial charge in [0.2, 0.25) is 0 Å². The number of amides is 1. The molecule has 4 heteroatoms. The highest BCUT2D eigenvalue weighted by Gasteiger charge is 2.13. The third kappa shape index (κ3) is 2.42. The summed E-state index contributed by atoms with van der Waals surface area (Å²) in [7, 11) is 0. The summed E-state index contributed by atoms with van der Waals surface area (Å²) in [5.41, 5.74) is 5.17. The number of nitrogens with one attached hydrogen (secondary N) is 2. The van der Waals surface area contributed by atoms with Crippen molar-refractivity contribution in [3.8, 4) is 0 Å². The molecule has 0 bridgehead atoms. The number of carbonyl (C=O) groups is 1. The molecule has 0 unspecified atom stereocenters. The molecule has 118 valence electrons. The van der Waals surface area contributed by atoms with E-state index in [1.165, 1.54) is 0 Å². The summed E-state index contributed by atoms with van der Waals surface area (Å²) in [6.45, 7) is 3.90. The zero-order valence-corrected chi connectivity index (χ0v) is 13.6. The van der Waals surface area contributed by atoms with Crippen molar-refractivity contribution in [3.63, 3.8) is 0 Å². The Morgan fingerprint density at radius 3 is 2.83 bits per heavy atom. The van der Waals surface area contributed by atoms with E-state index in [0.29, 0.717) is 5.56 Å². The number of fused-ring (bicyclic) bond motifs is 2. The minimum Gasteiger partial charge on any atom is -0.361 e. The highest BCUT2D eigenvalue weighted by Crippen LogP contribution is 2.24. The molecule has 0 saturated carbocycles. The zero-order chi connectivity index (χ0) is 16.7. The number of aromatic nitrogens is 2. The summed E-state index contributed by atoms with van der Waals surface area (Å²) in [4.78, 5) is 20.5. The summed E-state index contributed by atoms with van der Waals surface area (Å²) < 4.78 is 0. The summed E-state index contributed by atoms with van der Waals surface area (Å²) in [6.07, 6.45) is 1.87. The molecular formula is C20H17N3O. The molecule has 4 rings (SSSR count). The van der Waals surface area contributed by atoms with Gasteiger partial charge in [-0.2, -0.15) is 0 Å². The van der Waals surface area contributed by atoms with Crippen molar-refractivity contribution in [1.82, 2.24) is 9.97 Å². The Bertz CT molecular complexity index is 1080. The van der Waals surface area contributed by atoms with Gasteiger partial charge in [-0.3, -0.25) is 9.78 Å². The fraction of sp³-hybridized carbons (Fsp3) is 0.100. The van der Waals surface area contributed by atoms with E-state index in [9.17, 15) is 4.79 Å². The number of benzene rings is 2. The van der Waals surface area contributed by atoms with Gasteiger partial charge in [-0.25, -0.2) is 0 Å². The minimum atomic E-state index is -0.142. The smallest absolute Gasteiger partial charge is 0.257 e. The number of pyridine rings is 1. The van der Waals surface area contributed by atoms with E-state index in [1.54, 1.807) is 0 Å². The van der Waals surface area contributed by atoms with E-state index in [4.69, 9.17) is 0 Å². The van der Waals surface area contributed by atoms with Crippen molar-refractivity contribution in [1.29, 1.82) is 0 Å². The van der Waals surface area contributed by atoms with Gasteiger partial charge >= 0.3 is 0 Å². The first-order valence-electron chi connectivity index (χ1n) is 7.87. The number of carbonyl (C=O) groups excluding carboxylic acids is 1. The lowest BCUT2D eigenvalue weighted by atomic mass is 10.1. The number of aryl methyl sites for hydroxylation is 2. The van der Waals surface area contributed by atoms with Crippen molar-refractivity contribution in [2.24, 2.45) is 0 Å². The maximum atomic E-state index is 12.8. The van der Waals surface area contributed by atoms with Crippen molar-refractivity contribution < 1.29 is 4.79 Å². The van der Waals surface area contributed by atoms with Crippen LogP contribution in [0.2, 0.25) is 0 Å². The van der Waals surface area contributed by atoms with Crippen LogP contribution in [0.3, 0.4) is 0 Å². The average molecular weight is 315 g/mol. The molecule has 0 atom stereocenters. The molecule has 0 aliphatic carbocycles. The van der Waals surface area contributed by atoms with Crippen LogP contribution in [0.4, 0.5) is 5.69 Å². The van der Waals surface area contributed by atoms with Crippen molar-refractivity contribution >= 4 is 33.4 Å². The quantitative estimate of drug-likeness (QED) is 0.568. The first-order valence-corrected chi connectivity index (χ1v) is 7.87. The van der Waals surface area contributed by atoms with Crippen LogP contribution in [-0.2, 0) is 0 Å². The first-order chi connectivity index (χ1) is 11.6. The van der Waals surface area contributed by atoms with Crippen LogP contribution in [0.5, 0.6) is 0 Å². The first kappa shape index (κ1) is 14.5. The van der Waals surface area contributed by atoms with Gasteiger partial charge in [0.1, 0.15) is 0 Å². The zero-order valence-electron chi connectivity index (χ0n) is 13.6. The molecule has 2 aromatic carbocycles. The normalized spacial score (nSPS) is 11.1. The fourth-order valence-electron chi connectivity index (χ4n) is 3.01. The lowest BCUT2D eigenvalue weighted by Crippen LogP contribution is -2.14.